The minimum Gasteiger partial charge on any atom is -0.506 e. The molecule has 3 aromatic heterocycles. The second kappa shape index (κ2) is 3.34. The van der Waals surface area contributed by atoms with Gasteiger partial charge >= 0.3 is 0 Å². The molecule has 4 heteroatoms. The van der Waals surface area contributed by atoms with E-state index in [1.807, 2.05) is 28.8 Å². The largest absolute Gasteiger partial charge is 0.506 e. The summed E-state index contributed by atoms with van der Waals surface area (Å²) in [5.74, 6) is 0.163. The summed E-state index contributed by atoms with van der Waals surface area (Å²) in [4.78, 5) is 4.17. The van der Waals surface area contributed by atoms with Crippen molar-refractivity contribution in [3.05, 3.63) is 48.8 Å². The van der Waals surface area contributed by atoms with Gasteiger partial charge < -0.3 is 5.11 Å². The van der Waals surface area contributed by atoms with Gasteiger partial charge in [-0.2, -0.15) is 5.10 Å². The highest BCUT2D eigenvalue weighted by Gasteiger charge is 2.04. The van der Waals surface area contributed by atoms with Crippen LogP contribution < -0.4 is 0 Å². The molecule has 0 aromatic carbocycles. The van der Waals surface area contributed by atoms with Crippen molar-refractivity contribution < 1.29 is 5.11 Å². The quantitative estimate of drug-likeness (QED) is 0.670. The first-order valence-electron chi connectivity index (χ1n) is 4.93. The van der Waals surface area contributed by atoms with Crippen molar-refractivity contribution in [2.75, 3.05) is 0 Å². The summed E-state index contributed by atoms with van der Waals surface area (Å²) in [6.45, 7) is 0. The molecule has 3 heterocycles. The van der Waals surface area contributed by atoms with Gasteiger partial charge in [0.1, 0.15) is 5.75 Å². The van der Waals surface area contributed by atoms with Crippen LogP contribution in [0, 0.1) is 0 Å². The number of rotatable bonds is 1. The zero-order valence-electron chi connectivity index (χ0n) is 8.41. The van der Waals surface area contributed by atoms with Crippen molar-refractivity contribution >= 4 is 5.52 Å². The van der Waals surface area contributed by atoms with Gasteiger partial charge in [-0.25, -0.2) is 4.52 Å². The molecule has 0 saturated carbocycles. The molecule has 0 amide bonds. The van der Waals surface area contributed by atoms with Crippen molar-refractivity contribution in [3.8, 4) is 17.1 Å². The maximum Gasteiger partial charge on any atom is 0.133 e. The Labute approximate surface area is 91.8 Å². The van der Waals surface area contributed by atoms with E-state index in [0.29, 0.717) is 0 Å². The van der Waals surface area contributed by atoms with Gasteiger partial charge in [0.25, 0.3) is 0 Å². The number of fused-ring (bicyclic) bond motifs is 1. The van der Waals surface area contributed by atoms with Crippen LogP contribution in [0.5, 0.6) is 5.75 Å². The fourth-order valence-electron chi connectivity index (χ4n) is 1.68. The van der Waals surface area contributed by atoms with Crippen molar-refractivity contribution in [1.82, 2.24) is 14.6 Å². The van der Waals surface area contributed by atoms with Gasteiger partial charge in [0.05, 0.1) is 29.3 Å². The highest BCUT2D eigenvalue weighted by Crippen LogP contribution is 2.19. The normalized spacial score (nSPS) is 10.8. The summed E-state index contributed by atoms with van der Waals surface area (Å²) in [6, 6.07) is 11.2. The standard InChI is InChI=1S/C12H9N3O/c16-10-4-5-11(13-8-10)12-3-1-2-9-6-7-14-15(9)12/h1-8,16H. The third-order valence-corrected chi connectivity index (χ3v) is 2.43. The first-order valence-corrected chi connectivity index (χ1v) is 4.93. The number of hydrogen-bond donors (Lipinski definition) is 1. The molecule has 0 bridgehead atoms. The molecule has 0 aliphatic heterocycles. The molecule has 0 fully saturated rings. The van der Waals surface area contributed by atoms with Crippen LogP contribution in [0.4, 0.5) is 0 Å². The SMILES string of the molecule is Oc1ccc(-c2cccc3ccnn23)nc1. The van der Waals surface area contributed by atoms with E-state index in [1.54, 1.807) is 18.3 Å². The smallest absolute Gasteiger partial charge is 0.133 e. The summed E-state index contributed by atoms with van der Waals surface area (Å²) in [7, 11) is 0. The number of pyridine rings is 2. The lowest BCUT2D eigenvalue weighted by atomic mass is 10.2. The van der Waals surface area contributed by atoms with Crippen molar-refractivity contribution in [3.63, 3.8) is 0 Å². The Bertz CT molecular complexity index is 628. The zero-order valence-corrected chi connectivity index (χ0v) is 8.41. The first kappa shape index (κ1) is 8.91. The molecule has 3 aromatic rings. The Morgan fingerprint density at radius 1 is 1.06 bits per heavy atom. The Kier molecular flexibility index (Phi) is 1.86. The van der Waals surface area contributed by atoms with E-state index in [2.05, 4.69) is 10.1 Å². The van der Waals surface area contributed by atoms with E-state index in [-0.39, 0.29) is 5.75 Å². The van der Waals surface area contributed by atoms with Gasteiger partial charge in [-0.15, -0.1) is 0 Å². The molecule has 0 spiro atoms. The van der Waals surface area contributed by atoms with E-state index < -0.39 is 0 Å². The van der Waals surface area contributed by atoms with Crippen LogP contribution in [0.2, 0.25) is 0 Å². The van der Waals surface area contributed by atoms with Gasteiger partial charge in [0.2, 0.25) is 0 Å². The molecule has 78 valence electrons. The van der Waals surface area contributed by atoms with E-state index in [9.17, 15) is 5.11 Å². The van der Waals surface area contributed by atoms with Gasteiger partial charge in [-0.05, 0) is 30.3 Å². The molecule has 0 aliphatic rings. The fraction of sp³-hybridized carbons (Fsp3) is 0. The third kappa shape index (κ3) is 1.32. The lowest BCUT2D eigenvalue weighted by Crippen LogP contribution is -1.94. The maximum atomic E-state index is 9.19. The number of aromatic hydroxyl groups is 1. The van der Waals surface area contributed by atoms with Gasteiger partial charge in [0.15, 0.2) is 0 Å². The van der Waals surface area contributed by atoms with Crippen LogP contribution in [0.15, 0.2) is 48.8 Å². The minimum atomic E-state index is 0.163. The highest BCUT2D eigenvalue weighted by atomic mass is 16.3. The van der Waals surface area contributed by atoms with E-state index >= 15 is 0 Å². The minimum absolute atomic E-state index is 0.163. The number of aromatic nitrogens is 3. The van der Waals surface area contributed by atoms with Crippen molar-refractivity contribution in [2.45, 2.75) is 0 Å². The molecule has 0 aliphatic carbocycles. The molecular weight excluding hydrogens is 202 g/mol. The van der Waals surface area contributed by atoms with Crippen LogP contribution in [-0.4, -0.2) is 19.7 Å². The van der Waals surface area contributed by atoms with E-state index in [1.165, 1.54) is 6.20 Å². The monoisotopic (exact) mass is 211 g/mol. The average Bonchev–Trinajstić information content (AvgIpc) is 2.78. The fourth-order valence-corrected chi connectivity index (χ4v) is 1.68. The summed E-state index contributed by atoms with van der Waals surface area (Å²) < 4.78 is 1.82. The molecule has 3 rings (SSSR count). The lowest BCUT2D eigenvalue weighted by Gasteiger charge is -2.03. The van der Waals surface area contributed by atoms with E-state index in [0.717, 1.165) is 16.9 Å². The second-order valence-corrected chi connectivity index (χ2v) is 3.48. The molecule has 0 saturated heterocycles. The molecule has 0 atom stereocenters. The Balaban J connectivity index is 2.25. The van der Waals surface area contributed by atoms with Crippen molar-refractivity contribution in [2.24, 2.45) is 0 Å². The van der Waals surface area contributed by atoms with Gasteiger partial charge in [0, 0.05) is 0 Å². The molecular formula is C12H9N3O. The predicted octanol–water partition coefficient (Wildman–Crippen LogP) is 2.10. The summed E-state index contributed by atoms with van der Waals surface area (Å²) in [6.07, 6.45) is 3.18. The lowest BCUT2D eigenvalue weighted by molar-refractivity contribution is 0.473. The molecule has 0 radical (unpaired) electrons. The highest BCUT2D eigenvalue weighted by molar-refractivity contribution is 5.61. The van der Waals surface area contributed by atoms with Crippen LogP contribution >= 0.6 is 0 Å². The Morgan fingerprint density at radius 3 is 2.81 bits per heavy atom. The topological polar surface area (TPSA) is 50.4 Å². The zero-order chi connectivity index (χ0) is 11.0. The second-order valence-electron chi connectivity index (χ2n) is 3.48. The number of nitrogens with zero attached hydrogens (tertiary/aromatic N) is 3. The van der Waals surface area contributed by atoms with Gasteiger partial charge in [-0.1, -0.05) is 6.07 Å². The van der Waals surface area contributed by atoms with Crippen LogP contribution in [0.3, 0.4) is 0 Å². The average molecular weight is 211 g/mol. The molecule has 0 unspecified atom stereocenters. The molecule has 16 heavy (non-hydrogen) atoms. The van der Waals surface area contributed by atoms with E-state index in [4.69, 9.17) is 0 Å². The van der Waals surface area contributed by atoms with Crippen molar-refractivity contribution in [1.29, 1.82) is 0 Å². The van der Waals surface area contributed by atoms with Crippen LogP contribution in [0.1, 0.15) is 0 Å². The molecule has 1 N–H and O–H groups in total. The third-order valence-electron chi connectivity index (χ3n) is 2.43. The maximum absolute atomic E-state index is 9.19. The Hall–Kier alpha value is -2.36. The summed E-state index contributed by atoms with van der Waals surface area (Å²) in [5.41, 5.74) is 2.71. The number of hydrogen-bond acceptors (Lipinski definition) is 3. The van der Waals surface area contributed by atoms with Gasteiger partial charge in [-0.3, -0.25) is 4.98 Å². The molecule has 4 nitrogen and oxygen atoms in total. The first-order chi connectivity index (χ1) is 7.84. The Morgan fingerprint density at radius 2 is 2.00 bits per heavy atom. The van der Waals surface area contributed by atoms with Crippen LogP contribution in [-0.2, 0) is 0 Å². The van der Waals surface area contributed by atoms with Crippen LogP contribution in [0.25, 0.3) is 16.9 Å². The summed E-state index contributed by atoms with van der Waals surface area (Å²) >= 11 is 0. The predicted molar refractivity (Wildman–Crippen MR) is 60.1 cm³/mol. The summed E-state index contributed by atoms with van der Waals surface area (Å²) in [5, 5.41) is 13.4.